The van der Waals surface area contributed by atoms with Crippen LogP contribution in [0.4, 0.5) is 0 Å². The van der Waals surface area contributed by atoms with Gasteiger partial charge in [-0.1, -0.05) is 12.2 Å². The third-order valence-electron chi connectivity index (χ3n) is 2.42. The van der Waals surface area contributed by atoms with Crippen LogP contribution in [0.2, 0.25) is 1.41 Å². The van der Waals surface area contributed by atoms with Gasteiger partial charge in [0.25, 0.3) is 0 Å². The van der Waals surface area contributed by atoms with Crippen molar-refractivity contribution in [2.75, 3.05) is 7.05 Å². The molecule has 0 aliphatic heterocycles. The van der Waals surface area contributed by atoms with Crippen LogP contribution in [0.15, 0.2) is 12.2 Å². The Morgan fingerprint density at radius 3 is 2.77 bits per heavy atom. The second kappa shape index (κ2) is 3.60. The van der Waals surface area contributed by atoms with Crippen molar-refractivity contribution in [1.82, 2.24) is 5.32 Å². The number of nitrogens with two attached hydrogens (primary N) is 1. The molecule has 1 fully saturated rings. The van der Waals surface area contributed by atoms with Crippen LogP contribution in [-0.4, -0.2) is 18.9 Å². The third kappa shape index (κ3) is 1.88. The summed E-state index contributed by atoms with van der Waals surface area (Å²) >= 11 is 0. The minimum absolute atomic E-state index is 0.155. The second-order valence-electron chi connectivity index (χ2n) is 3.35. The molecule has 2 amide bonds. The molecule has 0 saturated heterocycles. The van der Waals surface area contributed by atoms with Gasteiger partial charge in [0.1, 0.15) is 0 Å². The molecule has 0 unspecified atom stereocenters. The number of nitrogens with one attached hydrogen (secondary N) is 1. The highest BCUT2D eigenvalue weighted by Gasteiger charge is 2.37. The number of rotatable bonds is 2. The fraction of sp³-hybridized carbons (Fsp3) is 0.556. The molecule has 1 rings (SSSR count). The Bertz CT molecular complexity index is 252. The van der Waals surface area contributed by atoms with Crippen molar-refractivity contribution in [3.05, 3.63) is 12.2 Å². The van der Waals surface area contributed by atoms with Crippen molar-refractivity contribution >= 4 is 11.8 Å². The molecule has 13 heavy (non-hydrogen) atoms. The zero-order chi connectivity index (χ0) is 10.7. The maximum absolute atomic E-state index is 11.4. The molecular formula is C9H14N2O2. The van der Waals surface area contributed by atoms with E-state index >= 15 is 0 Å². The van der Waals surface area contributed by atoms with Gasteiger partial charge in [-0.2, -0.15) is 0 Å². The maximum Gasteiger partial charge on any atom is 0.223 e. The first-order chi connectivity index (χ1) is 6.60. The lowest BCUT2D eigenvalue weighted by Gasteiger charge is -2.13. The average molecular weight is 183 g/mol. The third-order valence-corrected chi connectivity index (χ3v) is 2.42. The van der Waals surface area contributed by atoms with E-state index in [1.165, 1.54) is 0 Å². The highest BCUT2D eigenvalue weighted by molar-refractivity contribution is 5.88. The highest BCUT2D eigenvalue weighted by atomic mass is 16.2. The van der Waals surface area contributed by atoms with Gasteiger partial charge >= 0.3 is 0 Å². The SMILES string of the molecule is [2H]NC(=O)[C@H]1CC(=C)C[C@H]1C(=O)NC. The van der Waals surface area contributed by atoms with Crippen molar-refractivity contribution in [2.45, 2.75) is 12.8 Å². The van der Waals surface area contributed by atoms with Gasteiger partial charge in [0, 0.05) is 7.05 Å². The number of hydrogen-bond acceptors (Lipinski definition) is 2. The van der Waals surface area contributed by atoms with E-state index in [1.807, 2.05) is 5.73 Å². The summed E-state index contributed by atoms with van der Waals surface area (Å²) in [7, 11) is 1.54. The van der Waals surface area contributed by atoms with Gasteiger partial charge in [0.05, 0.1) is 11.8 Å². The van der Waals surface area contributed by atoms with Gasteiger partial charge in [0.2, 0.25) is 11.8 Å². The summed E-state index contributed by atoms with van der Waals surface area (Å²) in [5.74, 6) is -1.35. The Labute approximate surface area is 78.6 Å². The van der Waals surface area contributed by atoms with Crippen LogP contribution in [0.1, 0.15) is 12.8 Å². The first kappa shape index (κ1) is 8.29. The lowest BCUT2D eigenvalue weighted by molar-refractivity contribution is -0.131. The highest BCUT2D eigenvalue weighted by Crippen LogP contribution is 2.34. The van der Waals surface area contributed by atoms with E-state index in [4.69, 9.17) is 1.41 Å². The largest absolute Gasteiger partial charge is 0.369 e. The quantitative estimate of drug-likeness (QED) is 0.582. The molecule has 0 aromatic rings. The van der Waals surface area contributed by atoms with E-state index < -0.39 is 11.8 Å². The van der Waals surface area contributed by atoms with Crippen molar-refractivity contribution in [3.8, 4) is 0 Å². The first-order valence-corrected chi connectivity index (χ1v) is 4.20. The number of allylic oxidation sites excluding steroid dienone is 1. The van der Waals surface area contributed by atoms with E-state index in [2.05, 4.69) is 11.9 Å². The molecule has 72 valence electrons. The smallest absolute Gasteiger partial charge is 0.223 e. The Kier molecular flexibility index (Phi) is 2.29. The number of hydrogen-bond donors (Lipinski definition) is 2. The lowest BCUT2D eigenvalue weighted by Crippen LogP contribution is -2.35. The number of amides is 2. The van der Waals surface area contributed by atoms with E-state index in [0.29, 0.717) is 12.8 Å². The van der Waals surface area contributed by atoms with Crippen LogP contribution in [-0.2, 0) is 9.59 Å². The van der Waals surface area contributed by atoms with Crippen LogP contribution >= 0.6 is 0 Å². The van der Waals surface area contributed by atoms with E-state index in [9.17, 15) is 9.59 Å². The first-order valence-electron chi connectivity index (χ1n) is 4.70. The monoisotopic (exact) mass is 183 g/mol. The molecule has 0 aromatic carbocycles. The fourth-order valence-corrected chi connectivity index (χ4v) is 1.73. The summed E-state index contributed by atoms with van der Waals surface area (Å²) < 4.78 is 6.77. The fourth-order valence-electron chi connectivity index (χ4n) is 1.73. The van der Waals surface area contributed by atoms with Gasteiger partial charge in [-0.15, -0.1) is 0 Å². The molecule has 1 aliphatic carbocycles. The molecular weight excluding hydrogens is 168 g/mol. The summed E-state index contributed by atoms with van der Waals surface area (Å²) in [6, 6.07) is 0. The van der Waals surface area contributed by atoms with E-state index in [0.717, 1.165) is 5.57 Å². The van der Waals surface area contributed by atoms with Gasteiger partial charge in [-0.25, -0.2) is 0 Å². The summed E-state index contributed by atoms with van der Waals surface area (Å²) in [5, 5.41) is 2.52. The molecule has 0 heterocycles. The predicted octanol–water partition coefficient (Wildman–Crippen LogP) is -0.200. The van der Waals surface area contributed by atoms with Gasteiger partial charge in [-0.05, 0) is 12.8 Å². The molecule has 3 N–H and O–H groups in total. The van der Waals surface area contributed by atoms with E-state index in [1.54, 1.807) is 7.05 Å². The molecule has 0 spiro atoms. The lowest BCUT2D eigenvalue weighted by atomic mass is 9.95. The Morgan fingerprint density at radius 2 is 2.23 bits per heavy atom. The van der Waals surface area contributed by atoms with Gasteiger partial charge in [-0.3, -0.25) is 9.59 Å². The minimum Gasteiger partial charge on any atom is -0.369 e. The van der Waals surface area contributed by atoms with E-state index in [-0.39, 0.29) is 11.8 Å². The van der Waals surface area contributed by atoms with Crippen LogP contribution < -0.4 is 11.0 Å². The normalized spacial score (nSPS) is 28.1. The molecule has 2 atom stereocenters. The van der Waals surface area contributed by atoms with Crippen LogP contribution in [0.25, 0.3) is 0 Å². The Morgan fingerprint density at radius 1 is 1.62 bits per heavy atom. The predicted molar refractivity (Wildman–Crippen MR) is 48.6 cm³/mol. The summed E-state index contributed by atoms with van der Waals surface area (Å²) in [6.45, 7) is 3.77. The number of primary amides is 1. The van der Waals surface area contributed by atoms with Crippen molar-refractivity contribution in [1.29, 1.82) is 0 Å². The Balaban J connectivity index is 2.77. The summed E-state index contributed by atoms with van der Waals surface area (Å²) in [4.78, 5) is 22.7. The average Bonchev–Trinajstić information content (AvgIpc) is 2.58. The molecule has 4 heteroatoms. The summed E-state index contributed by atoms with van der Waals surface area (Å²) in [6.07, 6.45) is 1.04. The van der Waals surface area contributed by atoms with Crippen molar-refractivity contribution in [2.24, 2.45) is 17.6 Å². The molecule has 0 radical (unpaired) electrons. The standard InChI is InChI=1S/C9H14N2O2/c1-5-3-6(8(10)12)7(4-5)9(13)11-2/h6-7H,1,3-4H2,2H3,(H2,10,12)(H,11,13)/t6-,7+/m0/s1/i/hD. The minimum atomic E-state index is -0.431. The van der Waals surface area contributed by atoms with Gasteiger partial charge in [0.15, 0.2) is 1.41 Å². The van der Waals surface area contributed by atoms with Crippen LogP contribution in [0.3, 0.4) is 0 Å². The zero-order valence-corrected chi connectivity index (χ0v) is 7.59. The molecule has 0 aromatic heterocycles. The van der Waals surface area contributed by atoms with Gasteiger partial charge < -0.3 is 11.0 Å². The van der Waals surface area contributed by atoms with Crippen LogP contribution in [0, 0.1) is 11.8 Å². The topological polar surface area (TPSA) is 72.2 Å². The van der Waals surface area contributed by atoms with Crippen LogP contribution in [0.5, 0.6) is 0 Å². The number of carbonyl (C=O) groups excluding carboxylic acids is 2. The molecule has 4 nitrogen and oxygen atoms in total. The number of carbonyl (C=O) groups is 2. The molecule has 0 bridgehead atoms. The second-order valence-corrected chi connectivity index (χ2v) is 3.35. The van der Waals surface area contributed by atoms with Crippen molar-refractivity contribution in [3.63, 3.8) is 0 Å². The molecule has 1 aliphatic rings. The molecule has 1 saturated carbocycles. The summed E-state index contributed by atoms with van der Waals surface area (Å²) in [5.41, 5.74) is 2.72. The maximum atomic E-state index is 11.4. The van der Waals surface area contributed by atoms with Crippen molar-refractivity contribution < 1.29 is 11.0 Å². The Hall–Kier alpha value is -1.32. The zero-order valence-electron chi connectivity index (χ0n) is 8.59.